The van der Waals surface area contributed by atoms with Gasteiger partial charge in [-0.3, -0.25) is 24.7 Å². The maximum atomic E-state index is 12.4. The number of imide groups is 1. The van der Waals surface area contributed by atoms with E-state index in [4.69, 9.17) is 0 Å². The van der Waals surface area contributed by atoms with Crippen LogP contribution in [0, 0.1) is 0 Å². The molecule has 2 aliphatic heterocycles. The van der Waals surface area contributed by atoms with Gasteiger partial charge in [0.2, 0.25) is 11.8 Å². The fourth-order valence-corrected chi connectivity index (χ4v) is 4.42. The summed E-state index contributed by atoms with van der Waals surface area (Å²) >= 11 is 0. The Bertz CT molecular complexity index is 550. The summed E-state index contributed by atoms with van der Waals surface area (Å²) in [5.74, 6) is -0.0361. The Hall–Kier alpha value is -1.67. The van der Waals surface area contributed by atoms with Crippen molar-refractivity contribution >= 4 is 17.8 Å². The first-order valence-electron chi connectivity index (χ1n) is 10.9. The minimum absolute atomic E-state index is 0.188. The molecule has 28 heavy (non-hydrogen) atoms. The molecule has 0 radical (unpaired) electrons. The molecule has 8 nitrogen and oxygen atoms in total. The van der Waals surface area contributed by atoms with Crippen LogP contribution in [0.3, 0.4) is 0 Å². The first kappa shape index (κ1) is 21.0. The van der Waals surface area contributed by atoms with E-state index in [0.29, 0.717) is 6.54 Å². The molecular formula is C20H35N5O3. The highest BCUT2D eigenvalue weighted by molar-refractivity contribution is 5.96. The second-order valence-corrected chi connectivity index (χ2v) is 8.37. The highest BCUT2D eigenvalue weighted by Crippen LogP contribution is 2.17. The van der Waals surface area contributed by atoms with Crippen LogP contribution in [0.15, 0.2) is 0 Å². The van der Waals surface area contributed by atoms with Crippen LogP contribution in [0.1, 0.15) is 51.9 Å². The average Bonchev–Trinajstić information content (AvgIpc) is 3.23. The van der Waals surface area contributed by atoms with Crippen molar-refractivity contribution in [3.63, 3.8) is 0 Å². The Kier molecular flexibility index (Phi) is 7.67. The molecule has 1 unspecified atom stereocenters. The zero-order chi connectivity index (χ0) is 19.9. The normalized spacial score (nSPS) is 23.4. The molecule has 1 atom stereocenters. The lowest BCUT2D eigenvalue weighted by atomic mass is 9.96. The number of likely N-dealkylation sites (tertiary alicyclic amines) is 1. The van der Waals surface area contributed by atoms with Crippen molar-refractivity contribution in [1.29, 1.82) is 0 Å². The number of amides is 4. The van der Waals surface area contributed by atoms with E-state index < -0.39 is 0 Å². The summed E-state index contributed by atoms with van der Waals surface area (Å²) in [7, 11) is 0. The molecule has 0 aromatic carbocycles. The van der Waals surface area contributed by atoms with Crippen molar-refractivity contribution in [2.24, 2.45) is 0 Å². The summed E-state index contributed by atoms with van der Waals surface area (Å²) in [6, 6.07) is -0.541. The van der Waals surface area contributed by atoms with Crippen LogP contribution in [0.5, 0.6) is 0 Å². The number of hydrogen-bond acceptors (Lipinski definition) is 5. The van der Waals surface area contributed by atoms with Gasteiger partial charge in [0.05, 0.1) is 12.6 Å². The smallest absolute Gasteiger partial charge is 0.321 e. The van der Waals surface area contributed by atoms with Gasteiger partial charge in [-0.25, -0.2) is 4.79 Å². The third-order valence-electron chi connectivity index (χ3n) is 6.33. The quantitative estimate of drug-likeness (QED) is 0.721. The Morgan fingerprint density at radius 3 is 2.18 bits per heavy atom. The van der Waals surface area contributed by atoms with E-state index in [1.54, 1.807) is 0 Å². The van der Waals surface area contributed by atoms with Crippen LogP contribution in [0.4, 0.5) is 4.79 Å². The monoisotopic (exact) mass is 393 g/mol. The number of urea groups is 1. The number of hydrogen-bond donors (Lipinski definition) is 2. The molecule has 1 saturated carbocycles. The summed E-state index contributed by atoms with van der Waals surface area (Å²) in [5, 5.41) is 5.42. The molecule has 1 aliphatic carbocycles. The summed E-state index contributed by atoms with van der Waals surface area (Å²) in [5.41, 5.74) is 0. The summed E-state index contributed by atoms with van der Waals surface area (Å²) in [6.45, 7) is 7.08. The molecule has 0 aromatic heterocycles. The zero-order valence-electron chi connectivity index (χ0n) is 17.1. The maximum absolute atomic E-state index is 12.4. The predicted molar refractivity (Wildman–Crippen MR) is 107 cm³/mol. The number of nitrogens with zero attached hydrogens (tertiary/aromatic N) is 3. The number of nitrogens with one attached hydrogen (secondary N) is 2. The largest absolute Gasteiger partial charge is 0.342 e. The Morgan fingerprint density at radius 2 is 1.54 bits per heavy atom. The molecule has 0 aromatic rings. The van der Waals surface area contributed by atoms with E-state index in [9.17, 15) is 14.4 Å². The summed E-state index contributed by atoms with van der Waals surface area (Å²) < 4.78 is 0. The van der Waals surface area contributed by atoms with Crippen LogP contribution in [0.2, 0.25) is 0 Å². The van der Waals surface area contributed by atoms with Gasteiger partial charge in [0, 0.05) is 45.3 Å². The summed E-state index contributed by atoms with van der Waals surface area (Å²) in [4.78, 5) is 43.0. The van der Waals surface area contributed by atoms with Crippen molar-refractivity contribution in [3.05, 3.63) is 0 Å². The van der Waals surface area contributed by atoms with Gasteiger partial charge in [0.15, 0.2) is 0 Å². The Morgan fingerprint density at radius 1 is 0.893 bits per heavy atom. The van der Waals surface area contributed by atoms with Gasteiger partial charge in [0.1, 0.15) is 0 Å². The van der Waals surface area contributed by atoms with E-state index in [1.165, 1.54) is 6.42 Å². The minimum atomic E-state index is -0.376. The fraction of sp³-hybridized carbons (Fsp3) is 0.850. The van der Waals surface area contributed by atoms with Crippen LogP contribution in [-0.2, 0) is 9.59 Å². The molecule has 0 spiro atoms. The van der Waals surface area contributed by atoms with Gasteiger partial charge in [-0.1, -0.05) is 19.3 Å². The molecule has 8 heteroatoms. The lowest BCUT2D eigenvalue weighted by Crippen LogP contribution is -2.56. The van der Waals surface area contributed by atoms with Crippen LogP contribution < -0.4 is 10.6 Å². The van der Waals surface area contributed by atoms with E-state index >= 15 is 0 Å². The molecule has 2 N–H and O–H groups in total. The second-order valence-electron chi connectivity index (χ2n) is 8.37. The molecule has 3 fully saturated rings. The van der Waals surface area contributed by atoms with Crippen LogP contribution in [-0.4, -0.2) is 90.4 Å². The number of piperazine rings is 1. The van der Waals surface area contributed by atoms with Crippen LogP contribution in [0.25, 0.3) is 0 Å². The van der Waals surface area contributed by atoms with Gasteiger partial charge >= 0.3 is 6.03 Å². The SMILES string of the molecule is CC(C(=O)NC(=O)NC1CCCCC1)N1CCN(CC(=O)N2CCCC2)CC1. The first-order chi connectivity index (χ1) is 13.5. The number of carbonyl (C=O) groups is 3. The highest BCUT2D eigenvalue weighted by Gasteiger charge is 2.28. The highest BCUT2D eigenvalue weighted by atomic mass is 16.2. The van der Waals surface area contributed by atoms with Crippen molar-refractivity contribution in [1.82, 2.24) is 25.3 Å². The van der Waals surface area contributed by atoms with Crippen LogP contribution >= 0.6 is 0 Å². The van der Waals surface area contributed by atoms with Gasteiger partial charge in [-0.2, -0.15) is 0 Å². The molecule has 2 saturated heterocycles. The van der Waals surface area contributed by atoms with Crippen molar-refractivity contribution in [3.8, 4) is 0 Å². The lowest BCUT2D eigenvalue weighted by Gasteiger charge is -2.37. The van der Waals surface area contributed by atoms with Gasteiger partial charge < -0.3 is 10.2 Å². The first-order valence-corrected chi connectivity index (χ1v) is 10.9. The number of carbonyl (C=O) groups excluding carboxylic acids is 3. The van der Waals surface area contributed by atoms with Crippen molar-refractivity contribution in [2.45, 2.75) is 64.0 Å². The Labute approximate surface area is 168 Å². The van der Waals surface area contributed by atoms with E-state index in [1.807, 2.05) is 11.8 Å². The van der Waals surface area contributed by atoms with Gasteiger partial charge in [-0.05, 0) is 32.6 Å². The Balaban J connectivity index is 1.36. The third-order valence-corrected chi connectivity index (χ3v) is 6.33. The van der Waals surface area contributed by atoms with E-state index in [2.05, 4.69) is 20.4 Å². The predicted octanol–water partition coefficient (Wildman–Crippen LogP) is 0.773. The van der Waals surface area contributed by atoms with Gasteiger partial charge in [0.25, 0.3) is 0 Å². The molecule has 0 bridgehead atoms. The molecule has 158 valence electrons. The molecule has 2 heterocycles. The standard InChI is InChI=1S/C20H35N5O3/c1-16(19(27)22-20(28)21-17-7-3-2-4-8-17)24-13-11-23(12-14-24)15-18(26)25-9-5-6-10-25/h16-17H,2-15H2,1H3,(H2,21,22,27,28). The lowest BCUT2D eigenvalue weighted by molar-refractivity contribution is -0.132. The molecule has 3 aliphatic rings. The minimum Gasteiger partial charge on any atom is -0.342 e. The van der Waals surface area contributed by atoms with E-state index in [0.717, 1.165) is 77.8 Å². The zero-order valence-corrected chi connectivity index (χ0v) is 17.1. The maximum Gasteiger partial charge on any atom is 0.321 e. The molecule has 3 rings (SSSR count). The average molecular weight is 394 g/mol. The van der Waals surface area contributed by atoms with Crippen molar-refractivity contribution in [2.75, 3.05) is 45.8 Å². The van der Waals surface area contributed by atoms with Crippen molar-refractivity contribution < 1.29 is 14.4 Å². The van der Waals surface area contributed by atoms with E-state index in [-0.39, 0.29) is 29.9 Å². The molecular weight excluding hydrogens is 358 g/mol. The topological polar surface area (TPSA) is 85.0 Å². The second kappa shape index (κ2) is 10.2. The third kappa shape index (κ3) is 5.91. The fourth-order valence-electron chi connectivity index (χ4n) is 4.42. The molecule has 4 amide bonds. The number of rotatable bonds is 5. The summed E-state index contributed by atoms with van der Waals surface area (Å²) in [6.07, 6.45) is 7.72. The van der Waals surface area contributed by atoms with Gasteiger partial charge in [-0.15, -0.1) is 0 Å².